The van der Waals surface area contributed by atoms with Crippen LogP contribution in [0.25, 0.3) is 0 Å². The molecule has 0 aliphatic rings. The molecule has 0 saturated heterocycles. The van der Waals surface area contributed by atoms with Crippen LogP contribution in [-0.4, -0.2) is 24.7 Å². The SMILES string of the molecule is CCCCCC(CCC)OC(=O)C(C)(CCC)NC. The van der Waals surface area contributed by atoms with E-state index < -0.39 is 5.54 Å². The Morgan fingerprint density at radius 3 is 2.26 bits per heavy atom. The molecule has 0 aromatic rings. The Hall–Kier alpha value is -0.570. The first-order valence-electron chi connectivity index (χ1n) is 7.94. The Bertz CT molecular complexity index is 243. The molecule has 0 aliphatic carbocycles. The van der Waals surface area contributed by atoms with E-state index in [1.165, 1.54) is 12.8 Å². The van der Waals surface area contributed by atoms with E-state index in [1.54, 1.807) is 0 Å². The third kappa shape index (κ3) is 6.95. The van der Waals surface area contributed by atoms with Gasteiger partial charge in [-0.15, -0.1) is 0 Å². The van der Waals surface area contributed by atoms with Gasteiger partial charge >= 0.3 is 5.97 Å². The second-order valence-electron chi connectivity index (χ2n) is 5.64. The number of rotatable bonds is 11. The second-order valence-corrected chi connectivity index (χ2v) is 5.64. The summed E-state index contributed by atoms with van der Waals surface area (Å²) in [7, 11) is 1.84. The van der Waals surface area contributed by atoms with E-state index in [4.69, 9.17) is 4.74 Å². The first kappa shape index (κ1) is 18.4. The van der Waals surface area contributed by atoms with Crippen LogP contribution in [0.15, 0.2) is 0 Å². The fourth-order valence-corrected chi connectivity index (χ4v) is 2.32. The van der Waals surface area contributed by atoms with Gasteiger partial charge in [0.05, 0.1) is 0 Å². The molecule has 0 bridgehead atoms. The maximum Gasteiger partial charge on any atom is 0.326 e. The van der Waals surface area contributed by atoms with Gasteiger partial charge < -0.3 is 10.1 Å². The van der Waals surface area contributed by atoms with Gasteiger partial charge in [0, 0.05) is 0 Å². The van der Waals surface area contributed by atoms with Crippen molar-refractivity contribution in [1.29, 1.82) is 0 Å². The topological polar surface area (TPSA) is 38.3 Å². The molecule has 0 heterocycles. The average molecular weight is 271 g/mol. The zero-order chi connectivity index (χ0) is 14.7. The van der Waals surface area contributed by atoms with E-state index in [0.717, 1.165) is 38.5 Å². The largest absolute Gasteiger partial charge is 0.461 e. The number of nitrogens with one attached hydrogen (secondary N) is 1. The third-order valence-corrected chi connectivity index (χ3v) is 3.77. The van der Waals surface area contributed by atoms with E-state index in [1.807, 2.05) is 14.0 Å². The molecule has 2 unspecified atom stereocenters. The van der Waals surface area contributed by atoms with Crippen LogP contribution in [0.4, 0.5) is 0 Å². The minimum absolute atomic E-state index is 0.0909. The number of hydrogen-bond donors (Lipinski definition) is 1. The molecule has 0 fully saturated rings. The van der Waals surface area contributed by atoms with Crippen LogP contribution < -0.4 is 5.32 Å². The molecule has 3 nitrogen and oxygen atoms in total. The Morgan fingerprint density at radius 2 is 1.79 bits per heavy atom. The normalized spacial score (nSPS) is 15.8. The van der Waals surface area contributed by atoms with Crippen molar-refractivity contribution >= 4 is 5.97 Å². The van der Waals surface area contributed by atoms with Crippen molar-refractivity contribution in [2.24, 2.45) is 0 Å². The highest BCUT2D eigenvalue weighted by Gasteiger charge is 2.33. The van der Waals surface area contributed by atoms with Crippen molar-refractivity contribution in [2.45, 2.75) is 90.7 Å². The molecule has 3 heteroatoms. The zero-order valence-electron chi connectivity index (χ0n) is 13.6. The molecule has 114 valence electrons. The van der Waals surface area contributed by atoms with Gasteiger partial charge in [-0.05, 0) is 39.7 Å². The van der Waals surface area contributed by atoms with Crippen LogP contribution in [0, 0.1) is 0 Å². The van der Waals surface area contributed by atoms with E-state index in [9.17, 15) is 4.79 Å². The maximum absolute atomic E-state index is 12.3. The lowest BCUT2D eigenvalue weighted by molar-refractivity contribution is -0.157. The Labute approximate surface area is 119 Å². The van der Waals surface area contributed by atoms with E-state index in [0.29, 0.717) is 0 Å². The number of unbranched alkanes of at least 4 members (excludes halogenated alkanes) is 2. The lowest BCUT2D eigenvalue weighted by atomic mass is 9.96. The molecule has 1 N–H and O–H groups in total. The highest BCUT2D eigenvalue weighted by Crippen LogP contribution is 2.19. The summed E-state index contributed by atoms with van der Waals surface area (Å²) in [5.41, 5.74) is -0.536. The molecule has 0 amide bonds. The van der Waals surface area contributed by atoms with Gasteiger partial charge in [-0.3, -0.25) is 4.79 Å². The number of carbonyl (C=O) groups excluding carboxylic acids is 1. The van der Waals surface area contributed by atoms with Gasteiger partial charge in [-0.25, -0.2) is 0 Å². The summed E-state index contributed by atoms with van der Waals surface area (Å²) in [6.07, 6.45) is 8.49. The number of likely N-dealkylation sites (N-methyl/N-ethyl adjacent to an activating group) is 1. The monoisotopic (exact) mass is 271 g/mol. The quantitative estimate of drug-likeness (QED) is 0.455. The highest BCUT2D eigenvalue weighted by molar-refractivity contribution is 5.80. The maximum atomic E-state index is 12.3. The van der Waals surface area contributed by atoms with Gasteiger partial charge in [0.15, 0.2) is 0 Å². The van der Waals surface area contributed by atoms with Crippen molar-refractivity contribution in [3.63, 3.8) is 0 Å². The van der Waals surface area contributed by atoms with Gasteiger partial charge in [0.25, 0.3) is 0 Å². The zero-order valence-corrected chi connectivity index (χ0v) is 13.6. The van der Waals surface area contributed by atoms with Crippen LogP contribution in [0.5, 0.6) is 0 Å². The third-order valence-electron chi connectivity index (χ3n) is 3.77. The molecule has 19 heavy (non-hydrogen) atoms. The van der Waals surface area contributed by atoms with Crippen molar-refractivity contribution in [1.82, 2.24) is 5.32 Å². The number of hydrogen-bond acceptors (Lipinski definition) is 3. The molecule has 0 aromatic carbocycles. The summed E-state index contributed by atoms with van der Waals surface area (Å²) in [5.74, 6) is -0.0909. The highest BCUT2D eigenvalue weighted by atomic mass is 16.5. The van der Waals surface area contributed by atoms with Crippen LogP contribution >= 0.6 is 0 Å². The summed E-state index contributed by atoms with van der Waals surface area (Å²) in [5, 5.41) is 3.12. The average Bonchev–Trinajstić information content (AvgIpc) is 2.39. The van der Waals surface area contributed by atoms with E-state index in [2.05, 4.69) is 26.1 Å². The molecular formula is C16H33NO2. The molecular weight excluding hydrogens is 238 g/mol. The molecule has 0 spiro atoms. The van der Waals surface area contributed by atoms with Crippen molar-refractivity contribution in [3.8, 4) is 0 Å². The summed E-state index contributed by atoms with van der Waals surface area (Å²) >= 11 is 0. The standard InChI is InChI=1S/C16H33NO2/c1-6-9-10-12-14(11-7-2)19-15(18)16(4,17-5)13-8-3/h14,17H,6-13H2,1-5H3. The number of carbonyl (C=O) groups is 1. The van der Waals surface area contributed by atoms with Crippen molar-refractivity contribution in [3.05, 3.63) is 0 Å². The molecule has 0 saturated carbocycles. The fraction of sp³-hybridized carbons (Fsp3) is 0.938. The van der Waals surface area contributed by atoms with E-state index >= 15 is 0 Å². The first-order chi connectivity index (χ1) is 9.03. The molecule has 2 atom stereocenters. The minimum Gasteiger partial charge on any atom is -0.461 e. The molecule has 0 aliphatic heterocycles. The summed E-state index contributed by atoms with van der Waals surface area (Å²) in [6.45, 7) is 8.37. The second kappa shape index (κ2) is 10.2. The number of esters is 1. The van der Waals surface area contributed by atoms with Crippen molar-refractivity contribution in [2.75, 3.05) is 7.05 Å². The van der Waals surface area contributed by atoms with Gasteiger partial charge in [-0.1, -0.05) is 46.5 Å². The Kier molecular flexibility index (Phi) is 9.94. The lowest BCUT2D eigenvalue weighted by Gasteiger charge is -2.29. The van der Waals surface area contributed by atoms with Crippen LogP contribution in [0.3, 0.4) is 0 Å². The summed E-state index contributed by atoms with van der Waals surface area (Å²) in [4.78, 5) is 12.3. The fourth-order valence-electron chi connectivity index (χ4n) is 2.32. The predicted molar refractivity (Wildman–Crippen MR) is 81.3 cm³/mol. The Morgan fingerprint density at radius 1 is 1.11 bits per heavy atom. The van der Waals surface area contributed by atoms with Crippen LogP contribution in [0.1, 0.15) is 79.1 Å². The Balaban J connectivity index is 4.42. The van der Waals surface area contributed by atoms with Crippen molar-refractivity contribution < 1.29 is 9.53 Å². The van der Waals surface area contributed by atoms with Gasteiger partial charge in [0.1, 0.15) is 11.6 Å². The minimum atomic E-state index is -0.536. The molecule has 0 aromatic heterocycles. The van der Waals surface area contributed by atoms with Crippen LogP contribution in [0.2, 0.25) is 0 Å². The van der Waals surface area contributed by atoms with Gasteiger partial charge in [0.2, 0.25) is 0 Å². The predicted octanol–water partition coefficient (Wildman–Crippen LogP) is 4.06. The molecule has 0 radical (unpaired) electrons. The number of ether oxygens (including phenoxy) is 1. The van der Waals surface area contributed by atoms with Gasteiger partial charge in [-0.2, -0.15) is 0 Å². The summed E-state index contributed by atoms with van der Waals surface area (Å²) < 4.78 is 5.74. The molecule has 0 rings (SSSR count). The van der Waals surface area contributed by atoms with E-state index in [-0.39, 0.29) is 12.1 Å². The summed E-state index contributed by atoms with van der Waals surface area (Å²) in [6, 6.07) is 0. The van der Waals surface area contributed by atoms with Crippen LogP contribution in [-0.2, 0) is 9.53 Å². The smallest absolute Gasteiger partial charge is 0.326 e. The lowest BCUT2D eigenvalue weighted by Crippen LogP contribution is -2.49. The first-order valence-corrected chi connectivity index (χ1v) is 7.94.